The minimum Gasteiger partial charge on any atom is -0.493 e. The first kappa shape index (κ1) is 17.9. The molecule has 0 aliphatic carbocycles. The van der Waals surface area contributed by atoms with Crippen LogP contribution in [0.5, 0.6) is 23.0 Å². The summed E-state index contributed by atoms with van der Waals surface area (Å²) in [5.74, 6) is 1.71. The summed E-state index contributed by atoms with van der Waals surface area (Å²) in [7, 11) is 4.64. The number of carbonyl (C=O) groups is 1. The molecule has 0 N–H and O–H groups in total. The van der Waals surface area contributed by atoms with E-state index in [0.717, 1.165) is 5.56 Å². The molecule has 0 aromatic heterocycles. The molecule has 0 amide bonds. The minimum atomic E-state index is -0.943. The maximum Gasteiger partial charge on any atom is 0.322 e. The zero-order chi connectivity index (χ0) is 18.7. The Morgan fingerprint density at radius 1 is 1.08 bits per heavy atom. The average Bonchev–Trinajstić information content (AvgIpc) is 2.67. The number of rotatable bonds is 6. The zero-order valence-electron chi connectivity index (χ0n) is 15.2. The summed E-state index contributed by atoms with van der Waals surface area (Å²) in [6.45, 7) is 3.84. The summed E-state index contributed by atoms with van der Waals surface area (Å²) in [5, 5.41) is 0. The predicted molar refractivity (Wildman–Crippen MR) is 98.4 cm³/mol. The van der Waals surface area contributed by atoms with Crippen LogP contribution >= 0.6 is 0 Å². The van der Waals surface area contributed by atoms with Gasteiger partial charge in [0.15, 0.2) is 11.5 Å². The van der Waals surface area contributed by atoms with Gasteiger partial charge in [-0.3, -0.25) is 4.79 Å². The molecule has 1 aliphatic rings. The number of esters is 1. The SMILES string of the molecule is C=CC[C@]1(c2ccc(OC)c(OC)c2OC)Cc2ccccc2OC1=O. The molecule has 5 heteroatoms. The van der Waals surface area contributed by atoms with Crippen molar-refractivity contribution in [1.82, 2.24) is 0 Å². The number of hydrogen-bond donors (Lipinski definition) is 0. The van der Waals surface area contributed by atoms with Crippen molar-refractivity contribution in [2.45, 2.75) is 18.3 Å². The van der Waals surface area contributed by atoms with E-state index >= 15 is 0 Å². The van der Waals surface area contributed by atoms with Gasteiger partial charge in [-0.25, -0.2) is 0 Å². The highest BCUT2D eigenvalue weighted by molar-refractivity contribution is 5.89. The van der Waals surface area contributed by atoms with Gasteiger partial charge in [0.05, 0.1) is 21.3 Å². The highest BCUT2D eigenvalue weighted by atomic mass is 16.5. The number of hydrogen-bond acceptors (Lipinski definition) is 5. The fraction of sp³-hybridized carbons (Fsp3) is 0.286. The van der Waals surface area contributed by atoms with E-state index in [-0.39, 0.29) is 5.97 Å². The predicted octanol–water partition coefficient (Wildman–Crippen LogP) is 3.69. The lowest BCUT2D eigenvalue weighted by Crippen LogP contribution is -2.44. The molecule has 1 heterocycles. The average molecular weight is 354 g/mol. The third-order valence-electron chi connectivity index (χ3n) is 4.77. The topological polar surface area (TPSA) is 54.0 Å². The van der Waals surface area contributed by atoms with E-state index in [1.807, 2.05) is 24.3 Å². The molecule has 0 saturated carbocycles. The van der Waals surface area contributed by atoms with Crippen LogP contribution in [0.25, 0.3) is 0 Å². The molecule has 3 rings (SSSR count). The molecule has 0 spiro atoms. The number of benzene rings is 2. The third kappa shape index (κ3) is 2.69. The number of allylic oxidation sites excluding steroid dienone is 1. The molecule has 2 aromatic rings. The van der Waals surface area contributed by atoms with Crippen molar-refractivity contribution in [2.24, 2.45) is 0 Å². The fourth-order valence-electron chi connectivity index (χ4n) is 3.54. The van der Waals surface area contributed by atoms with Gasteiger partial charge in [0, 0.05) is 5.56 Å². The lowest BCUT2D eigenvalue weighted by Gasteiger charge is -2.36. The van der Waals surface area contributed by atoms with E-state index in [2.05, 4.69) is 6.58 Å². The first-order valence-corrected chi connectivity index (χ1v) is 8.31. The van der Waals surface area contributed by atoms with Crippen molar-refractivity contribution in [3.8, 4) is 23.0 Å². The Hall–Kier alpha value is -2.95. The van der Waals surface area contributed by atoms with Crippen LogP contribution in [0.4, 0.5) is 0 Å². The molecule has 1 atom stereocenters. The second kappa shape index (κ2) is 7.12. The van der Waals surface area contributed by atoms with E-state index in [0.29, 0.717) is 41.4 Å². The summed E-state index contributed by atoms with van der Waals surface area (Å²) in [6.07, 6.45) is 2.62. The Kier molecular flexibility index (Phi) is 4.89. The Morgan fingerprint density at radius 2 is 1.81 bits per heavy atom. The van der Waals surface area contributed by atoms with Crippen LogP contribution in [-0.4, -0.2) is 27.3 Å². The molecular formula is C21H22O5. The quantitative estimate of drug-likeness (QED) is 0.450. The Balaban J connectivity index is 2.24. The van der Waals surface area contributed by atoms with Gasteiger partial charge in [0.1, 0.15) is 11.2 Å². The maximum absolute atomic E-state index is 13.1. The summed E-state index contributed by atoms with van der Waals surface area (Å²) in [6, 6.07) is 11.2. The molecule has 5 nitrogen and oxygen atoms in total. The summed E-state index contributed by atoms with van der Waals surface area (Å²) < 4.78 is 22.1. The molecule has 2 aromatic carbocycles. The van der Waals surface area contributed by atoms with Crippen molar-refractivity contribution in [3.63, 3.8) is 0 Å². The first-order valence-electron chi connectivity index (χ1n) is 8.31. The molecular weight excluding hydrogens is 332 g/mol. The van der Waals surface area contributed by atoms with E-state index in [1.54, 1.807) is 39.5 Å². The molecule has 0 unspecified atom stereocenters. The van der Waals surface area contributed by atoms with Crippen LogP contribution in [-0.2, 0) is 16.6 Å². The van der Waals surface area contributed by atoms with Crippen molar-refractivity contribution in [1.29, 1.82) is 0 Å². The van der Waals surface area contributed by atoms with Crippen LogP contribution in [0.1, 0.15) is 17.5 Å². The van der Waals surface area contributed by atoms with Crippen molar-refractivity contribution < 1.29 is 23.7 Å². The van der Waals surface area contributed by atoms with Crippen LogP contribution < -0.4 is 18.9 Å². The van der Waals surface area contributed by atoms with Crippen molar-refractivity contribution in [2.75, 3.05) is 21.3 Å². The Labute approximate surface area is 153 Å². The van der Waals surface area contributed by atoms with Crippen molar-refractivity contribution >= 4 is 5.97 Å². The smallest absolute Gasteiger partial charge is 0.322 e. The highest BCUT2D eigenvalue weighted by Gasteiger charge is 2.47. The summed E-state index contributed by atoms with van der Waals surface area (Å²) >= 11 is 0. The zero-order valence-corrected chi connectivity index (χ0v) is 15.2. The lowest BCUT2D eigenvalue weighted by molar-refractivity contribution is -0.142. The molecule has 136 valence electrons. The maximum atomic E-state index is 13.1. The van der Waals surface area contributed by atoms with Gasteiger partial charge < -0.3 is 18.9 Å². The Morgan fingerprint density at radius 3 is 2.46 bits per heavy atom. The number of ether oxygens (including phenoxy) is 4. The summed E-state index contributed by atoms with van der Waals surface area (Å²) in [4.78, 5) is 13.1. The minimum absolute atomic E-state index is 0.332. The van der Waals surface area contributed by atoms with Gasteiger partial charge in [-0.1, -0.05) is 30.3 Å². The number of fused-ring (bicyclic) bond motifs is 1. The number of carbonyl (C=O) groups excluding carboxylic acids is 1. The van der Waals surface area contributed by atoms with Gasteiger partial charge in [-0.15, -0.1) is 6.58 Å². The van der Waals surface area contributed by atoms with Crippen LogP contribution in [0.2, 0.25) is 0 Å². The van der Waals surface area contributed by atoms with Gasteiger partial charge in [-0.05, 0) is 30.5 Å². The van der Waals surface area contributed by atoms with E-state index in [9.17, 15) is 4.79 Å². The van der Waals surface area contributed by atoms with E-state index in [1.165, 1.54) is 0 Å². The molecule has 0 fully saturated rings. The largest absolute Gasteiger partial charge is 0.493 e. The molecule has 0 radical (unpaired) electrons. The van der Waals surface area contributed by atoms with Crippen molar-refractivity contribution in [3.05, 3.63) is 60.2 Å². The third-order valence-corrected chi connectivity index (χ3v) is 4.77. The van der Waals surface area contributed by atoms with E-state index in [4.69, 9.17) is 18.9 Å². The second-order valence-electron chi connectivity index (χ2n) is 6.13. The molecule has 0 bridgehead atoms. The lowest BCUT2D eigenvalue weighted by atomic mass is 9.71. The first-order chi connectivity index (χ1) is 12.6. The normalized spacial score (nSPS) is 18.5. The second-order valence-corrected chi connectivity index (χ2v) is 6.13. The van der Waals surface area contributed by atoms with Crippen LogP contribution in [0.15, 0.2) is 49.1 Å². The van der Waals surface area contributed by atoms with Gasteiger partial charge in [0.2, 0.25) is 5.75 Å². The monoisotopic (exact) mass is 354 g/mol. The number of para-hydroxylation sites is 1. The number of methoxy groups -OCH3 is 3. The van der Waals surface area contributed by atoms with Gasteiger partial charge in [-0.2, -0.15) is 0 Å². The van der Waals surface area contributed by atoms with Gasteiger partial charge >= 0.3 is 5.97 Å². The highest BCUT2D eigenvalue weighted by Crippen LogP contribution is 2.49. The van der Waals surface area contributed by atoms with Gasteiger partial charge in [0.25, 0.3) is 0 Å². The molecule has 26 heavy (non-hydrogen) atoms. The molecule has 1 aliphatic heterocycles. The fourth-order valence-corrected chi connectivity index (χ4v) is 3.54. The Bertz CT molecular complexity index is 842. The molecule has 0 saturated heterocycles. The van der Waals surface area contributed by atoms with Crippen LogP contribution in [0.3, 0.4) is 0 Å². The van der Waals surface area contributed by atoms with E-state index < -0.39 is 5.41 Å². The summed E-state index contributed by atoms with van der Waals surface area (Å²) in [5.41, 5.74) is 0.712. The standard InChI is InChI=1S/C21H22O5/c1-5-12-21(13-14-8-6-7-9-16(14)26-20(21)22)15-10-11-17(23-2)19(25-4)18(15)24-3/h5-11H,1,12-13H2,2-4H3/t21-/m1/s1. The van der Waals surface area contributed by atoms with Crippen LogP contribution in [0, 0.1) is 0 Å².